The third-order valence-electron chi connectivity index (χ3n) is 4.25. The lowest BCUT2D eigenvalue weighted by Gasteiger charge is -2.35. The monoisotopic (exact) mass is 323 g/mol. The van der Waals surface area contributed by atoms with Crippen molar-refractivity contribution in [2.45, 2.75) is 25.1 Å². The third kappa shape index (κ3) is 4.20. The fraction of sp³-hybridized carbons (Fsp3) is 0.471. The van der Waals surface area contributed by atoms with Crippen LogP contribution in [0.3, 0.4) is 0 Å². The smallest absolute Gasteiger partial charge is 0.314 e. The number of benzene rings is 1. The van der Waals surface area contributed by atoms with Gasteiger partial charge in [-0.2, -0.15) is 13.2 Å². The molecule has 0 aliphatic carbocycles. The first-order valence-corrected chi connectivity index (χ1v) is 7.90. The Morgan fingerprint density at radius 1 is 1.09 bits per heavy atom. The van der Waals surface area contributed by atoms with Crippen molar-refractivity contribution < 1.29 is 13.2 Å². The molecule has 1 saturated heterocycles. The van der Waals surface area contributed by atoms with Crippen molar-refractivity contribution in [2.75, 3.05) is 26.2 Å². The normalized spacial score (nSPS) is 18.2. The van der Waals surface area contributed by atoms with E-state index in [0.29, 0.717) is 0 Å². The highest BCUT2D eigenvalue weighted by atomic mass is 19.4. The van der Waals surface area contributed by atoms with Crippen LogP contribution in [0.1, 0.15) is 24.6 Å². The summed E-state index contributed by atoms with van der Waals surface area (Å²) in [6, 6.07) is 11.2. The van der Waals surface area contributed by atoms with Crippen LogP contribution in [0.15, 0.2) is 36.4 Å². The molecule has 0 unspecified atom stereocenters. The quantitative estimate of drug-likeness (QED) is 0.933. The number of rotatable bonds is 4. The van der Waals surface area contributed by atoms with Crippen molar-refractivity contribution in [1.82, 2.24) is 15.2 Å². The number of alkyl halides is 3. The van der Waals surface area contributed by atoms with E-state index in [0.717, 1.165) is 42.8 Å². The molecule has 1 aromatic heterocycles. The number of para-hydroxylation sites is 1. The summed E-state index contributed by atoms with van der Waals surface area (Å²) in [4.78, 5) is 6.73. The van der Waals surface area contributed by atoms with E-state index in [-0.39, 0.29) is 12.5 Å². The first-order chi connectivity index (χ1) is 11.0. The SMILES string of the molecule is FC(F)(F)CC[C@@H](c1ccc2ccccc2n1)N1CCNCC1. The molecule has 3 rings (SSSR count). The number of piperazine rings is 1. The summed E-state index contributed by atoms with van der Waals surface area (Å²) in [5.74, 6) is 0. The van der Waals surface area contributed by atoms with E-state index in [1.54, 1.807) is 0 Å². The number of aromatic nitrogens is 1. The molecular formula is C17H20F3N3. The van der Waals surface area contributed by atoms with Crippen LogP contribution in [0.2, 0.25) is 0 Å². The Hall–Kier alpha value is -1.66. The van der Waals surface area contributed by atoms with Crippen LogP contribution in [0.5, 0.6) is 0 Å². The fourth-order valence-corrected chi connectivity index (χ4v) is 3.08. The first kappa shape index (κ1) is 16.2. The van der Waals surface area contributed by atoms with Crippen molar-refractivity contribution in [3.05, 3.63) is 42.1 Å². The second kappa shape index (κ2) is 6.84. The Balaban J connectivity index is 1.88. The molecule has 1 atom stereocenters. The maximum atomic E-state index is 12.7. The van der Waals surface area contributed by atoms with E-state index < -0.39 is 12.6 Å². The van der Waals surface area contributed by atoms with Gasteiger partial charge in [0.25, 0.3) is 0 Å². The van der Waals surface area contributed by atoms with Crippen LogP contribution in [0.25, 0.3) is 10.9 Å². The van der Waals surface area contributed by atoms with Gasteiger partial charge in [0.15, 0.2) is 0 Å². The number of pyridine rings is 1. The Morgan fingerprint density at radius 2 is 1.83 bits per heavy atom. The summed E-state index contributed by atoms with van der Waals surface area (Å²) in [5, 5.41) is 4.24. The zero-order valence-electron chi connectivity index (χ0n) is 12.8. The summed E-state index contributed by atoms with van der Waals surface area (Å²) >= 11 is 0. The van der Waals surface area contributed by atoms with Crippen LogP contribution < -0.4 is 5.32 Å². The van der Waals surface area contributed by atoms with Crippen molar-refractivity contribution in [2.24, 2.45) is 0 Å². The predicted molar refractivity (Wildman–Crippen MR) is 84.2 cm³/mol. The van der Waals surface area contributed by atoms with E-state index in [2.05, 4.69) is 15.2 Å². The molecule has 6 heteroatoms. The number of hydrogen-bond acceptors (Lipinski definition) is 3. The van der Waals surface area contributed by atoms with E-state index in [1.807, 2.05) is 36.4 Å². The third-order valence-corrected chi connectivity index (χ3v) is 4.25. The van der Waals surface area contributed by atoms with Gasteiger partial charge in [0, 0.05) is 38.0 Å². The van der Waals surface area contributed by atoms with Gasteiger partial charge in [0.2, 0.25) is 0 Å². The highest BCUT2D eigenvalue weighted by molar-refractivity contribution is 5.78. The number of halogens is 3. The maximum absolute atomic E-state index is 12.7. The van der Waals surface area contributed by atoms with Crippen LogP contribution in [0, 0.1) is 0 Å². The van der Waals surface area contributed by atoms with Gasteiger partial charge in [0.05, 0.1) is 17.3 Å². The first-order valence-electron chi connectivity index (χ1n) is 7.90. The maximum Gasteiger partial charge on any atom is 0.389 e. The van der Waals surface area contributed by atoms with Crippen molar-refractivity contribution in [3.8, 4) is 0 Å². The van der Waals surface area contributed by atoms with Gasteiger partial charge in [-0.3, -0.25) is 9.88 Å². The fourth-order valence-electron chi connectivity index (χ4n) is 3.08. The largest absolute Gasteiger partial charge is 0.389 e. The molecule has 23 heavy (non-hydrogen) atoms. The van der Waals surface area contributed by atoms with E-state index >= 15 is 0 Å². The summed E-state index contributed by atoms with van der Waals surface area (Å²) in [6.45, 7) is 3.10. The molecule has 3 nitrogen and oxygen atoms in total. The van der Waals surface area contributed by atoms with E-state index in [4.69, 9.17) is 0 Å². The Labute approximate surface area is 133 Å². The van der Waals surface area contributed by atoms with Crippen LogP contribution in [-0.4, -0.2) is 42.2 Å². The average Bonchev–Trinajstić information content (AvgIpc) is 2.55. The molecule has 0 bridgehead atoms. The van der Waals surface area contributed by atoms with E-state index in [1.165, 1.54) is 0 Å². The average molecular weight is 323 g/mol. The van der Waals surface area contributed by atoms with Gasteiger partial charge in [0.1, 0.15) is 0 Å². The minimum Gasteiger partial charge on any atom is -0.314 e. The molecule has 1 aromatic carbocycles. The highest BCUT2D eigenvalue weighted by Gasteiger charge is 2.31. The standard InChI is InChI=1S/C17H20F3N3/c18-17(19,20)8-7-16(23-11-9-21-10-12-23)15-6-5-13-3-1-2-4-14(13)22-15/h1-6,16,21H,7-12H2/t16-/m0/s1. The topological polar surface area (TPSA) is 28.2 Å². The highest BCUT2D eigenvalue weighted by Crippen LogP contribution is 2.31. The minimum atomic E-state index is -4.14. The molecule has 124 valence electrons. The molecule has 0 amide bonds. The number of fused-ring (bicyclic) bond motifs is 1. The van der Waals surface area contributed by atoms with Crippen molar-refractivity contribution >= 4 is 10.9 Å². The molecule has 2 heterocycles. The van der Waals surface area contributed by atoms with Gasteiger partial charge >= 0.3 is 6.18 Å². The molecule has 0 saturated carbocycles. The number of nitrogens with one attached hydrogen (secondary N) is 1. The summed E-state index contributed by atoms with van der Waals surface area (Å²) in [7, 11) is 0. The molecule has 1 aliphatic rings. The summed E-state index contributed by atoms with van der Waals surface area (Å²) in [5.41, 5.74) is 1.56. The van der Waals surface area contributed by atoms with Crippen LogP contribution >= 0.6 is 0 Å². The Kier molecular flexibility index (Phi) is 4.82. The summed E-state index contributed by atoms with van der Waals surface area (Å²) < 4.78 is 38.1. The number of hydrogen-bond donors (Lipinski definition) is 1. The minimum absolute atomic E-state index is 0.0504. The zero-order valence-corrected chi connectivity index (χ0v) is 12.8. The van der Waals surface area contributed by atoms with Crippen molar-refractivity contribution in [1.29, 1.82) is 0 Å². The molecular weight excluding hydrogens is 303 g/mol. The zero-order chi connectivity index (χ0) is 16.3. The molecule has 1 aliphatic heterocycles. The lowest BCUT2D eigenvalue weighted by Crippen LogP contribution is -2.45. The van der Waals surface area contributed by atoms with Crippen LogP contribution in [-0.2, 0) is 0 Å². The molecule has 0 spiro atoms. The second-order valence-electron chi connectivity index (χ2n) is 5.88. The van der Waals surface area contributed by atoms with Gasteiger partial charge in [-0.1, -0.05) is 24.3 Å². The molecule has 0 radical (unpaired) electrons. The molecule has 2 aromatic rings. The van der Waals surface area contributed by atoms with Crippen LogP contribution in [0.4, 0.5) is 13.2 Å². The summed E-state index contributed by atoms with van der Waals surface area (Å²) in [6.07, 6.45) is -4.87. The van der Waals surface area contributed by atoms with E-state index in [9.17, 15) is 13.2 Å². The van der Waals surface area contributed by atoms with Gasteiger partial charge in [-0.15, -0.1) is 0 Å². The lowest BCUT2D eigenvalue weighted by atomic mass is 10.0. The van der Waals surface area contributed by atoms with Gasteiger partial charge < -0.3 is 5.32 Å². The Bertz CT molecular complexity index is 651. The van der Waals surface area contributed by atoms with Gasteiger partial charge in [-0.05, 0) is 18.6 Å². The Morgan fingerprint density at radius 3 is 2.57 bits per heavy atom. The predicted octanol–water partition coefficient (Wildman–Crippen LogP) is 3.52. The lowest BCUT2D eigenvalue weighted by molar-refractivity contribution is -0.138. The number of nitrogens with zero attached hydrogens (tertiary/aromatic N) is 2. The van der Waals surface area contributed by atoms with Gasteiger partial charge in [-0.25, -0.2) is 0 Å². The second-order valence-corrected chi connectivity index (χ2v) is 5.88. The molecule has 1 fully saturated rings. The van der Waals surface area contributed by atoms with Crippen molar-refractivity contribution in [3.63, 3.8) is 0 Å². The molecule has 1 N–H and O–H groups in total.